The molecule has 0 unspecified atom stereocenters. The van der Waals surface area contributed by atoms with Gasteiger partial charge in [-0.3, -0.25) is 4.79 Å². The molecular formula is C12H18O2. The Morgan fingerprint density at radius 1 is 1.50 bits per heavy atom. The Kier molecular flexibility index (Phi) is 2.38. The highest BCUT2D eigenvalue weighted by atomic mass is 16.6. The molecule has 0 amide bonds. The number of allylic oxidation sites excluding steroid dienone is 2. The predicted octanol–water partition coefficient (Wildman–Crippen LogP) is 2.83. The van der Waals surface area contributed by atoms with Crippen molar-refractivity contribution in [3.05, 3.63) is 11.6 Å². The summed E-state index contributed by atoms with van der Waals surface area (Å²) in [5, 5.41) is 0. The fourth-order valence-corrected chi connectivity index (χ4v) is 2.52. The van der Waals surface area contributed by atoms with E-state index in [0.717, 1.165) is 19.3 Å². The molecule has 1 aliphatic carbocycles. The zero-order chi connectivity index (χ0) is 10.2. The zero-order valence-corrected chi connectivity index (χ0v) is 9.01. The minimum absolute atomic E-state index is 0.0150. The van der Waals surface area contributed by atoms with Gasteiger partial charge in [-0.2, -0.15) is 0 Å². The Hall–Kier alpha value is -0.790. The van der Waals surface area contributed by atoms with Gasteiger partial charge in [0.1, 0.15) is 5.60 Å². The molecule has 78 valence electrons. The molecule has 2 nitrogen and oxygen atoms in total. The van der Waals surface area contributed by atoms with Gasteiger partial charge in [0.15, 0.2) is 0 Å². The van der Waals surface area contributed by atoms with Gasteiger partial charge in [-0.15, -0.1) is 0 Å². The van der Waals surface area contributed by atoms with E-state index in [9.17, 15) is 4.79 Å². The van der Waals surface area contributed by atoms with Crippen LogP contribution < -0.4 is 0 Å². The SMILES string of the molecule is CC1=CC[C@@H]([C@@]2(C)CCC(=O)O2)CC1. The molecule has 2 atom stereocenters. The Bertz CT molecular complexity index is 280. The standard InChI is InChI=1S/C12H18O2/c1-9-3-5-10(6-4-9)12(2)8-7-11(13)14-12/h3,10H,4-8H2,1-2H3/t10-,12-/m1/s1. The first-order valence-electron chi connectivity index (χ1n) is 5.48. The van der Waals surface area contributed by atoms with Crippen molar-refractivity contribution in [1.82, 2.24) is 0 Å². The van der Waals surface area contributed by atoms with Crippen molar-refractivity contribution in [2.75, 3.05) is 0 Å². The number of hydrogen-bond acceptors (Lipinski definition) is 2. The molecule has 0 spiro atoms. The third-order valence-corrected chi connectivity index (χ3v) is 3.67. The van der Waals surface area contributed by atoms with E-state index in [1.54, 1.807) is 0 Å². The van der Waals surface area contributed by atoms with Gasteiger partial charge in [0.05, 0.1) is 0 Å². The van der Waals surface area contributed by atoms with Crippen LogP contribution in [0.1, 0.15) is 46.0 Å². The van der Waals surface area contributed by atoms with E-state index in [1.165, 1.54) is 12.0 Å². The van der Waals surface area contributed by atoms with E-state index in [-0.39, 0.29) is 11.6 Å². The summed E-state index contributed by atoms with van der Waals surface area (Å²) in [6.07, 6.45) is 7.23. The lowest BCUT2D eigenvalue weighted by Gasteiger charge is -2.34. The first-order valence-corrected chi connectivity index (χ1v) is 5.48. The lowest BCUT2D eigenvalue weighted by atomic mass is 9.77. The number of carbonyl (C=O) groups is 1. The van der Waals surface area contributed by atoms with Crippen LogP contribution in [0.15, 0.2) is 11.6 Å². The van der Waals surface area contributed by atoms with E-state index in [4.69, 9.17) is 4.74 Å². The molecule has 0 aromatic rings. The van der Waals surface area contributed by atoms with E-state index in [2.05, 4.69) is 19.9 Å². The number of cyclic esters (lactones) is 1. The average molecular weight is 194 g/mol. The summed E-state index contributed by atoms with van der Waals surface area (Å²) in [5.74, 6) is 0.524. The molecule has 0 aromatic heterocycles. The summed E-state index contributed by atoms with van der Waals surface area (Å²) >= 11 is 0. The van der Waals surface area contributed by atoms with Gasteiger partial charge in [-0.25, -0.2) is 0 Å². The molecule has 1 aliphatic heterocycles. The highest BCUT2D eigenvalue weighted by molar-refractivity contribution is 5.72. The molecule has 1 fully saturated rings. The van der Waals surface area contributed by atoms with Crippen LogP contribution in [-0.2, 0) is 9.53 Å². The summed E-state index contributed by atoms with van der Waals surface area (Å²) in [6.45, 7) is 4.27. The minimum atomic E-state index is -0.172. The molecule has 0 radical (unpaired) electrons. The lowest BCUT2D eigenvalue weighted by molar-refractivity contribution is -0.151. The van der Waals surface area contributed by atoms with Crippen LogP contribution in [0.4, 0.5) is 0 Å². The Balaban J connectivity index is 2.05. The summed E-state index contributed by atoms with van der Waals surface area (Å²) in [7, 11) is 0. The third-order valence-electron chi connectivity index (χ3n) is 3.67. The quantitative estimate of drug-likeness (QED) is 0.474. The van der Waals surface area contributed by atoms with Gasteiger partial charge in [-0.05, 0) is 39.5 Å². The highest BCUT2D eigenvalue weighted by Gasteiger charge is 2.42. The van der Waals surface area contributed by atoms with Gasteiger partial charge < -0.3 is 4.74 Å². The largest absolute Gasteiger partial charge is 0.459 e. The normalized spacial score (nSPS) is 38.0. The van der Waals surface area contributed by atoms with Crippen molar-refractivity contribution >= 4 is 5.97 Å². The summed E-state index contributed by atoms with van der Waals surface area (Å²) in [5.41, 5.74) is 1.31. The second-order valence-corrected chi connectivity index (χ2v) is 4.81. The Morgan fingerprint density at radius 2 is 2.29 bits per heavy atom. The van der Waals surface area contributed by atoms with Crippen molar-refractivity contribution in [3.8, 4) is 0 Å². The van der Waals surface area contributed by atoms with Crippen LogP contribution in [-0.4, -0.2) is 11.6 Å². The summed E-state index contributed by atoms with van der Waals surface area (Å²) in [4.78, 5) is 11.1. The number of carbonyl (C=O) groups excluding carboxylic acids is 1. The van der Waals surface area contributed by atoms with Crippen LogP contribution in [0.2, 0.25) is 0 Å². The monoisotopic (exact) mass is 194 g/mol. The molecular weight excluding hydrogens is 176 g/mol. The van der Waals surface area contributed by atoms with Gasteiger partial charge in [0.2, 0.25) is 0 Å². The summed E-state index contributed by atoms with van der Waals surface area (Å²) < 4.78 is 5.46. The number of hydrogen-bond donors (Lipinski definition) is 0. The van der Waals surface area contributed by atoms with Crippen molar-refractivity contribution in [3.63, 3.8) is 0 Å². The van der Waals surface area contributed by atoms with Gasteiger partial charge in [0.25, 0.3) is 0 Å². The van der Waals surface area contributed by atoms with Crippen molar-refractivity contribution < 1.29 is 9.53 Å². The fourth-order valence-electron chi connectivity index (χ4n) is 2.52. The molecule has 14 heavy (non-hydrogen) atoms. The topological polar surface area (TPSA) is 26.3 Å². The number of esters is 1. The van der Waals surface area contributed by atoms with Crippen molar-refractivity contribution in [1.29, 1.82) is 0 Å². The molecule has 0 N–H and O–H groups in total. The lowest BCUT2D eigenvalue weighted by Crippen LogP contribution is -2.35. The van der Waals surface area contributed by atoms with Crippen molar-refractivity contribution in [2.24, 2.45) is 5.92 Å². The second kappa shape index (κ2) is 3.41. The third kappa shape index (κ3) is 1.70. The maximum atomic E-state index is 11.1. The first kappa shape index (κ1) is 9.75. The van der Waals surface area contributed by atoms with E-state index < -0.39 is 0 Å². The minimum Gasteiger partial charge on any atom is -0.459 e. The molecule has 2 aliphatic rings. The van der Waals surface area contributed by atoms with E-state index in [1.807, 2.05) is 0 Å². The van der Waals surface area contributed by atoms with Crippen LogP contribution >= 0.6 is 0 Å². The Labute approximate surface area is 85.3 Å². The molecule has 2 heteroatoms. The second-order valence-electron chi connectivity index (χ2n) is 4.81. The average Bonchev–Trinajstić information content (AvgIpc) is 2.48. The zero-order valence-electron chi connectivity index (χ0n) is 9.01. The van der Waals surface area contributed by atoms with Gasteiger partial charge in [0, 0.05) is 12.3 Å². The van der Waals surface area contributed by atoms with Gasteiger partial charge in [-0.1, -0.05) is 11.6 Å². The molecule has 1 heterocycles. The highest BCUT2D eigenvalue weighted by Crippen LogP contribution is 2.40. The van der Waals surface area contributed by atoms with Crippen LogP contribution in [0.5, 0.6) is 0 Å². The Morgan fingerprint density at radius 3 is 2.79 bits per heavy atom. The summed E-state index contributed by atoms with van der Waals surface area (Å²) in [6, 6.07) is 0. The maximum Gasteiger partial charge on any atom is 0.306 e. The molecule has 0 saturated carbocycles. The molecule has 2 rings (SSSR count). The maximum absolute atomic E-state index is 11.1. The smallest absolute Gasteiger partial charge is 0.306 e. The van der Waals surface area contributed by atoms with E-state index in [0.29, 0.717) is 12.3 Å². The van der Waals surface area contributed by atoms with Crippen LogP contribution in [0, 0.1) is 5.92 Å². The predicted molar refractivity (Wildman–Crippen MR) is 54.8 cm³/mol. The molecule has 0 aromatic carbocycles. The molecule has 1 saturated heterocycles. The van der Waals surface area contributed by atoms with E-state index >= 15 is 0 Å². The number of rotatable bonds is 1. The number of ether oxygens (including phenoxy) is 1. The van der Waals surface area contributed by atoms with Gasteiger partial charge >= 0.3 is 5.97 Å². The first-order chi connectivity index (χ1) is 6.60. The van der Waals surface area contributed by atoms with Crippen molar-refractivity contribution in [2.45, 2.75) is 51.6 Å². The van der Waals surface area contributed by atoms with Crippen LogP contribution in [0.25, 0.3) is 0 Å². The van der Waals surface area contributed by atoms with Crippen LogP contribution in [0.3, 0.4) is 0 Å². The molecule has 0 bridgehead atoms. The fraction of sp³-hybridized carbons (Fsp3) is 0.750.